The molecule has 1 aromatic heterocycles. The standard InChI is InChI=1S/C17H21N3S/c1-19-8-14-9-20(10-15-7-18-12-21-15)11-16(14)17(19)13-5-3-2-4-6-13/h2-7,12,14,16-17H,8-11H2,1H3/t14-,16+,17-/m0/s1. The summed E-state index contributed by atoms with van der Waals surface area (Å²) in [6, 6.07) is 11.6. The summed E-state index contributed by atoms with van der Waals surface area (Å²) in [5.74, 6) is 1.58. The maximum atomic E-state index is 4.19. The van der Waals surface area contributed by atoms with Gasteiger partial charge in [0.15, 0.2) is 0 Å². The van der Waals surface area contributed by atoms with E-state index in [2.05, 4.69) is 52.2 Å². The molecule has 4 heteroatoms. The number of hydrogen-bond acceptors (Lipinski definition) is 4. The average molecular weight is 299 g/mol. The molecule has 0 N–H and O–H groups in total. The molecular formula is C17H21N3S. The average Bonchev–Trinajstić information content (AvgIpc) is 3.17. The second-order valence-electron chi connectivity index (χ2n) is 6.38. The molecule has 4 rings (SSSR count). The fourth-order valence-electron chi connectivity index (χ4n) is 4.17. The molecule has 0 amide bonds. The van der Waals surface area contributed by atoms with E-state index < -0.39 is 0 Å². The summed E-state index contributed by atoms with van der Waals surface area (Å²) in [5, 5.41) is 0. The van der Waals surface area contributed by atoms with Gasteiger partial charge in [0.2, 0.25) is 0 Å². The second-order valence-corrected chi connectivity index (χ2v) is 7.35. The summed E-state index contributed by atoms with van der Waals surface area (Å²) >= 11 is 1.77. The van der Waals surface area contributed by atoms with Crippen molar-refractivity contribution >= 4 is 11.3 Å². The third kappa shape index (κ3) is 2.52. The van der Waals surface area contributed by atoms with Crippen LogP contribution < -0.4 is 0 Å². The maximum absolute atomic E-state index is 4.19. The Balaban J connectivity index is 1.51. The fourth-order valence-corrected chi connectivity index (χ4v) is 4.81. The van der Waals surface area contributed by atoms with Gasteiger partial charge >= 0.3 is 0 Å². The number of fused-ring (bicyclic) bond motifs is 1. The van der Waals surface area contributed by atoms with Crippen molar-refractivity contribution in [3.63, 3.8) is 0 Å². The number of nitrogens with zero attached hydrogens (tertiary/aromatic N) is 3. The van der Waals surface area contributed by atoms with Gasteiger partial charge in [-0.25, -0.2) is 0 Å². The van der Waals surface area contributed by atoms with Gasteiger partial charge in [-0.15, -0.1) is 11.3 Å². The molecule has 0 unspecified atom stereocenters. The third-order valence-electron chi connectivity index (χ3n) is 4.97. The lowest BCUT2D eigenvalue weighted by atomic mass is 9.90. The van der Waals surface area contributed by atoms with Crippen molar-refractivity contribution in [2.24, 2.45) is 11.8 Å². The zero-order chi connectivity index (χ0) is 14.2. The summed E-state index contributed by atoms with van der Waals surface area (Å²) in [4.78, 5) is 10.8. The van der Waals surface area contributed by atoms with Crippen LogP contribution >= 0.6 is 11.3 Å². The summed E-state index contributed by atoms with van der Waals surface area (Å²) < 4.78 is 0. The molecule has 3 atom stereocenters. The molecule has 2 aliphatic heterocycles. The molecule has 1 aromatic carbocycles. The van der Waals surface area contributed by atoms with Gasteiger partial charge in [-0.05, 0) is 24.4 Å². The number of benzene rings is 1. The first-order valence-corrected chi connectivity index (χ1v) is 8.54. The molecule has 2 fully saturated rings. The minimum atomic E-state index is 0.586. The van der Waals surface area contributed by atoms with Gasteiger partial charge in [-0.1, -0.05) is 30.3 Å². The minimum Gasteiger partial charge on any atom is -0.299 e. The van der Waals surface area contributed by atoms with Gasteiger partial charge in [0, 0.05) is 43.3 Å². The van der Waals surface area contributed by atoms with Crippen LogP contribution in [-0.4, -0.2) is 41.5 Å². The molecule has 3 nitrogen and oxygen atoms in total. The molecule has 2 aliphatic rings. The van der Waals surface area contributed by atoms with E-state index in [9.17, 15) is 0 Å². The first-order valence-electron chi connectivity index (χ1n) is 7.66. The molecule has 2 saturated heterocycles. The highest BCUT2D eigenvalue weighted by Gasteiger charge is 2.45. The van der Waals surface area contributed by atoms with E-state index in [1.165, 1.54) is 30.1 Å². The van der Waals surface area contributed by atoms with E-state index in [4.69, 9.17) is 0 Å². The Hall–Kier alpha value is -1.23. The van der Waals surface area contributed by atoms with Crippen LogP contribution in [0.2, 0.25) is 0 Å². The minimum absolute atomic E-state index is 0.586. The Morgan fingerprint density at radius 2 is 2.05 bits per heavy atom. The van der Waals surface area contributed by atoms with Crippen LogP contribution in [0.3, 0.4) is 0 Å². The van der Waals surface area contributed by atoms with Crippen LogP contribution in [-0.2, 0) is 6.54 Å². The Kier molecular flexibility index (Phi) is 3.53. The summed E-state index contributed by atoms with van der Waals surface area (Å²) in [5.41, 5.74) is 3.42. The Labute approximate surface area is 130 Å². The first kappa shape index (κ1) is 13.4. The van der Waals surface area contributed by atoms with Crippen LogP contribution in [0.1, 0.15) is 16.5 Å². The van der Waals surface area contributed by atoms with Crippen molar-refractivity contribution in [1.29, 1.82) is 0 Å². The Morgan fingerprint density at radius 1 is 1.19 bits per heavy atom. The van der Waals surface area contributed by atoms with Gasteiger partial charge in [0.05, 0.1) is 5.51 Å². The molecule has 0 bridgehead atoms. The molecule has 0 spiro atoms. The predicted octanol–water partition coefficient (Wildman–Crippen LogP) is 2.88. The number of hydrogen-bond donors (Lipinski definition) is 0. The van der Waals surface area contributed by atoms with Crippen molar-refractivity contribution in [3.8, 4) is 0 Å². The quantitative estimate of drug-likeness (QED) is 0.869. The lowest BCUT2D eigenvalue weighted by Crippen LogP contribution is -2.28. The van der Waals surface area contributed by atoms with E-state index in [-0.39, 0.29) is 0 Å². The predicted molar refractivity (Wildman–Crippen MR) is 86.2 cm³/mol. The normalized spacial score (nSPS) is 29.9. The molecule has 21 heavy (non-hydrogen) atoms. The number of likely N-dealkylation sites (tertiary alicyclic amines) is 2. The van der Waals surface area contributed by atoms with Crippen molar-refractivity contribution in [1.82, 2.24) is 14.8 Å². The topological polar surface area (TPSA) is 19.4 Å². The van der Waals surface area contributed by atoms with Gasteiger partial charge < -0.3 is 0 Å². The van der Waals surface area contributed by atoms with Crippen LogP contribution in [0.5, 0.6) is 0 Å². The highest BCUT2D eigenvalue weighted by Crippen LogP contribution is 2.44. The van der Waals surface area contributed by atoms with E-state index in [0.717, 1.165) is 18.4 Å². The van der Waals surface area contributed by atoms with Gasteiger partial charge in [-0.2, -0.15) is 0 Å². The van der Waals surface area contributed by atoms with Crippen molar-refractivity contribution in [2.75, 3.05) is 26.7 Å². The zero-order valence-corrected chi connectivity index (χ0v) is 13.2. The maximum Gasteiger partial charge on any atom is 0.0794 e. The van der Waals surface area contributed by atoms with Crippen LogP contribution in [0.15, 0.2) is 42.0 Å². The van der Waals surface area contributed by atoms with Gasteiger partial charge in [0.1, 0.15) is 0 Å². The third-order valence-corrected chi connectivity index (χ3v) is 5.74. The summed E-state index contributed by atoms with van der Waals surface area (Å²) in [6.07, 6.45) is 2.01. The Bertz CT molecular complexity index is 583. The summed E-state index contributed by atoms with van der Waals surface area (Å²) in [7, 11) is 2.28. The molecule has 2 aromatic rings. The number of aromatic nitrogens is 1. The monoisotopic (exact) mass is 299 g/mol. The van der Waals surface area contributed by atoms with E-state index >= 15 is 0 Å². The van der Waals surface area contributed by atoms with E-state index in [1.807, 2.05) is 11.7 Å². The van der Waals surface area contributed by atoms with Gasteiger partial charge in [-0.3, -0.25) is 14.8 Å². The summed E-state index contributed by atoms with van der Waals surface area (Å²) in [6.45, 7) is 4.75. The van der Waals surface area contributed by atoms with E-state index in [1.54, 1.807) is 11.3 Å². The van der Waals surface area contributed by atoms with Crippen molar-refractivity contribution < 1.29 is 0 Å². The largest absolute Gasteiger partial charge is 0.299 e. The fraction of sp³-hybridized carbons (Fsp3) is 0.471. The lowest BCUT2D eigenvalue weighted by molar-refractivity contribution is 0.225. The smallest absolute Gasteiger partial charge is 0.0794 e. The van der Waals surface area contributed by atoms with Crippen LogP contribution in [0.4, 0.5) is 0 Å². The molecule has 0 saturated carbocycles. The van der Waals surface area contributed by atoms with Crippen molar-refractivity contribution in [3.05, 3.63) is 52.5 Å². The Morgan fingerprint density at radius 3 is 2.81 bits per heavy atom. The molecule has 3 heterocycles. The van der Waals surface area contributed by atoms with Crippen LogP contribution in [0, 0.1) is 11.8 Å². The lowest BCUT2D eigenvalue weighted by Gasteiger charge is -2.26. The highest BCUT2D eigenvalue weighted by molar-refractivity contribution is 7.09. The van der Waals surface area contributed by atoms with Crippen LogP contribution in [0.25, 0.3) is 0 Å². The molecular weight excluding hydrogens is 278 g/mol. The first-order chi connectivity index (χ1) is 10.3. The highest BCUT2D eigenvalue weighted by atomic mass is 32.1. The second kappa shape index (κ2) is 5.52. The molecule has 110 valence electrons. The SMILES string of the molecule is CN1C[C@H]2CN(Cc3cncs3)C[C@H]2[C@@H]1c1ccccc1. The van der Waals surface area contributed by atoms with Crippen molar-refractivity contribution in [2.45, 2.75) is 12.6 Å². The number of rotatable bonds is 3. The molecule has 0 aliphatic carbocycles. The van der Waals surface area contributed by atoms with E-state index in [0.29, 0.717) is 6.04 Å². The number of thiazole rings is 1. The zero-order valence-electron chi connectivity index (χ0n) is 12.4. The molecule has 0 radical (unpaired) electrons. The van der Waals surface area contributed by atoms with Gasteiger partial charge in [0.25, 0.3) is 0 Å².